The number of hydrogen-bond acceptors (Lipinski definition) is 4. The largest absolute Gasteiger partial charge is 0.379 e. The highest BCUT2D eigenvalue weighted by atomic mass is 16.5. The Balaban J connectivity index is 1.49. The maximum Gasteiger partial charge on any atom is 0.256 e. The van der Waals surface area contributed by atoms with E-state index in [1.165, 1.54) is 11.6 Å². The summed E-state index contributed by atoms with van der Waals surface area (Å²) in [6, 6.07) is 16.4. The second kappa shape index (κ2) is 7.73. The van der Waals surface area contributed by atoms with Gasteiger partial charge in [-0.2, -0.15) is 0 Å². The third-order valence-corrected chi connectivity index (χ3v) is 4.72. The van der Waals surface area contributed by atoms with Gasteiger partial charge in [0.15, 0.2) is 0 Å². The van der Waals surface area contributed by atoms with E-state index >= 15 is 0 Å². The van der Waals surface area contributed by atoms with E-state index in [4.69, 9.17) is 4.74 Å². The molecule has 1 aliphatic rings. The van der Waals surface area contributed by atoms with Crippen molar-refractivity contribution in [1.29, 1.82) is 0 Å². The number of amides is 1. The number of fused-ring (bicyclic) bond motifs is 1. The summed E-state index contributed by atoms with van der Waals surface area (Å²) >= 11 is 0. The number of anilines is 1. The van der Waals surface area contributed by atoms with Gasteiger partial charge in [0.1, 0.15) is 0 Å². The average molecular weight is 363 g/mol. The van der Waals surface area contributed by atoms with Gasteiger partial charge in [-0.05, 0) is 23.8 Å². The molecule has 138 valence electrons. The van der Waals surface area contributed by atoms with Gasteiger partial charge in [-0.3, -0.25) is 14.5 Å². The summed E-state index contributed by atoms with van der Waals surface area (Å²) in [4.78, 5) is 29.6. The molecule has 3 aromatic rings. The Morgan fingerprint density at radius 3 is 2.59 bits per heavy atom. The highest BCUT2D eigenvalue weighted by Crippen LogP contribution is 2.17. The number of pyridine rings is 1. The van der Waals surface area contributed by atoms with E-state index in [0.29, 0.717) is 16.8 Å². The number of morpholine rings is 1. The van der Waals surface area contributed by atoms with Crippen LogP contribution in [0.4, 0.5) is 5.69 Å². The van der Waals surface area contributed by atoms with Crippen LogP contribution in [-0.4, -0.2) is 42.1 Å². The Labute approximate surface area is 156 Å². The molecule has 6 heteroatoms. The molecular weight excluding hydrogens is 342 g/mol. The molecule has 2 heterocycles. The molecule has 0 atom stereocenters. The fourth-order valence-electron chi connectivity index (χ4n) is 3.30. The van der Waals surface area contributed by atoms with Crippen LogP contribution in [0.1, 0.15) is 15.9 Å². The van der Waals surface area contributed by atoms with Crippen LogP contribution in [0, 0.1) is 0 Å². The zero-order valence-electron chi connectivity index (χ0n) is 14.9. The number of carbonyl (C=O) groups excluding carboxylic acids is 1. The molecule has 1 aliphatic heterocycles. The number of nitrogens with one attached hydrogen (secondary N) is 2. The predicted molar refractivity (Wildman–Crippen MR) is 105 cm³/mol. The minimum Gasteiger partial charge on any atom is -0.379 e. The molecular formula is C21H21N3O3. The minimum absolute atomic E-state index is 0.292. The van der Waals surface area contributed by atoms with E-state index in [1.807, 2.05) is 42.5 Å². The highest BCUT2D eigenvalue weighted by Gasteiger charge is 2.13. The number of rotatable bonds is 4. The molecule has 1 fully saturated rings. The molecule has 0 radical (unpaired) electrons. The highest BCUT2D eigenvalue weighted by molar-refractivity contribution is 6.12. The van der Waals surface area contributed by atoms with Crippen LogP contribution >= 0.6 is 0 Å². The molecule has 0 aliphatic carbocycles. The van der Waals surface area contributed by atoms with Crippen molar-refractivity contribution in [3.8, 4) is 0 Å². The maximum absolute atomic E-state index is 12.7. The van der Waals surface area contributed by atoms with Gasteiger partial charge < -0.3 is 15.0 Å². The van der Waals surface area contributed by atoms with Crippen molar-refractivity contribution >= 4 is 22.5 Å². The summed E-state index contributed by atoms with van der Waals surface area (Å²) in [7, 11) is 0. The summed E-state index contributed by atoms with van der Waals surface area (Å²) in [5, 5.41) is 3.60. The van der Waals surface area contributed by atoms with E-state index in [-0.39, 0.29) is 11.5 Å². The number of ether oxygens (including phenoxy) is 1. The van der Waals surface area contributed by atoms with Gasteiger partial charge in [-0.1, -0.05) is 30.3 Å². The summed E-state index contributed by atoms with van der Waals surface area (Å²) < 4.78 is 5.37. The molecule has 0 spiro atoms. The van der Waals surface area contributed by atoms with Gasteiger partial charge in [-0.25, -0.2) is 0 Å². The molecule has 1 amide bonds. The van der Waals surface area contributed by atoms with E-state index in [9.17, 15) is 9.59 Å². The van der Waals surface area contributed by atoms with Crippen LogP contribution in [0.25, 0.3) is 10.9 Å². The summed E-state index contributed by atoms with van der Waals surface area (Å²) in [5.74, 6) is -0.293. The standard InChI is InChI=1S/C21H21N3O3/c25-20-13-18(17-3-1-2-4-19(17)23-20)21(26)22-16-7-5-15(6-8-16)14-24-9-11-27-12-10-24/h1-8,13H,9-12,14H2,(H,22,26)(H,23,25). The van der Waals surface area contributed by atoms with Crippen molar-refractivity contribution in [2.75, 3.05) is 31.6 Å². The first-order valence-electron chi connectivity index (χ1n) is 9.01. The Bertz CT molecular complexity index is 1010. The van der Waals surface area contributed by atoms with Crippen LogP contribution in [0.3, 0.4) is 0 Å². The summed E-state index contributed by atoms with van der Waals surface area (Å²) in [5.41, 5.74) is 2.62. The summed E-state index contributed by atoms with van der Waals surface area (Å²) in [6.45, 7) is 4.30. The van der Waals surface area contributed by atoms with Crippen molar-refractivity contribution < 1.29 is 9.53 Å². The first kappa shape index (κ1) is 17.5. The van der Waals surface area contributed by atoms with Crippen molar-refractivity contribution in [2.45, 2.75) is 6.54 Å². The number of carbonyl (C=O) groups is 1. The fourth-order valence-corrected chi connectivity index (χ4v) is 3.30. The topological polar surface area (TPSA) is 74.4 Å². The number of aromatic amines is 1. The van der Waals surface area contributed by atoms with Crippen molar-refractivity contribution in [3.63, 3.8) is 0 Å². The second-order valence-electron chi connectivity index (χ2n) is 6.63. The first-order chi connectivity index (χ1) is 13.2. The third kappa shape index (κ3) is 4.07. The Morgan fingerprint density at radius 1 is 1.07 bits per heavy atom. The Morgan fingerprint density at radius 2 is 1.81 bits per heavy atom. The number of aromatic nitrogens is 1. The SMILES string of the molecule is O=C(Nc1ccc(CN2CCOCC2)cc1)c1cc(=O)[nH]c2ccccc12. The maximum atomic E-state index is 12.7. The van der Waals surface area contributed by atoms with Crippen LogP contribution in [0.2, 0.25) is 0 Å². The molecule has 0 unspecified atom stereocenters. The number of nitrogens with zero attached hydrogens (tertiary/aromatic N) is 1. The first-order valence-corrected chi connectivity index (χ1v) is 9.01. The molecule has 1 aromatic heterocycles. The average Bonchev–Trinajstić information content (AvgIpc) is 2.69. The van der Waals surface area contributed by atoms with Gasteiger partial charge >= 0.3 is 0 Å². The molecule has 27 heavy (non-hydrogen) atoms. The number of hydrogen-bond donors (Lipinski definition) is 2. The van der Waals surface area contributed by atoms with Crippen LogP contribution in [0.5, 0.6) is 0 Å². The number of benzene rings is 2. The lowest BCUT2D eigenvalue weighted by molar-refractivity contribution is 0.0342. The van der Waals surface area contributed by atoms with Crippen molar-refractivity contribution in [3.05, 3.63) is 76.1 Å². The van der Waals surface area contributed by atoms with E-state index in [0.717, 1.165) is 38.2 Å². The third-order valence-electron chi connectivity index (χ3n) is 4.72. The van der Waals surface area contributed by atoms with E-state index < -0.39 is 0 Å². The van der Waals surface area contributed by atoms with Gasteiger partial charge in [0.25, 0.3) is 5.91 Å². The molecule has 0 bridgehead atoms. The molecule has 0 saturated carbocycles. The minimum atomic E-state index is -0.293. The number of H-pyrrole nitrogens is 1. The number of para-hydroxylation sites is 1. The molecule has 4 rings (SSSR count). The second-order valence-corrected chi connectivity index (χ2v) is 6.63. The lowest BCUT2D eigenvalue weighted by Gasteiger charge is -2.26. The Kier molecular flexibility index (Phi) is 5.00. The molecule has 1 saturated heterocycles. The fraction of sp³-hybridized carbons (Fsp3) is 0.238. The molecule has 6 nitrogen and oxygen atoms in total. The molecule has 2 N–H and O–H groups in total. The Hall–Kier alpha value is -2.96. The molecule has 2 aromatic carbocycles. The summed E-state index contributed by atoms with van der Waals surface area (Å²) in [6.07, 6.45) is 0. The van der Waals surface area contributed by atoms with E-state index in [1.54, 1.807) is 6.07 Å². The van der Waals surface area contributed by atoms with Crippen LogP contribution in [-0.2, 0) is 11.3 Å². The van der Waals surface area contributed by atoms with Crippen LogP contribution < -0.4 is 10.9 Å². The van der Waals surface area contributed by atoms with Crippen molar-refractivity contribution in [2.24, 2.45) is 0 Å². The monoisotopic (exact) mass is 363 g/mol. The van der Waals surface area contributed by atoms with Gasteiger partial charge in [0.2, 0.25) is 5.56 Å². The van der Waals surface area contributed by atoms with Crippen molar-refractivity contribution in [1.82, 2.24) is 9.88 Å². The van der Waals surface area contributed by atoms with Gasteiger partial charge in [-0.15, -0.1) is 0 Å². The van der Waals surface area contributed by atoms with E-state index in [2.05, 4.69) is 15.2 Å². The van der Waals surface area contributed by atoms with Gasteiger partial charge in [0, 0.05) is 42.3 Å². The quantitative estimate of drug-likeness (QED) is 0.747. The van der Waals surface area contributed by atoms with Gasteiger partial charge in [0.05, 0.1) is 18.8 Å². The lowest BCUT2D eigenvalue weighted by atomic mass is 10.1. The normalized spacial score (nSPS) is 15.0. The predicted octanol–water partition coefficient (Wildman–Crippen LogP) is 2.61. The zero-order chi connectivity index (χ0) is 18.6. The lowest BCUT2D eigenvalue weighted by Crippen LogP contribution is -2.35. The zero-order valence-corrected chi connectivity index (χ0v) is 14.9. The smallest absolute Gasteiger partial charge is 0.256 e. The van der Waals surface area contributed by atoms with Crippen LogP contribution in [0.15, 0.2) is 59.4 Å².